The SMILES string of the molecule is CC(C)N(C)CCNS(=O)(=O)c1ccc(N)cc1C#N. The van der Waals surface area contributed by atoms with E-state index in [0.29, 0.717) is 18.3 Å². The summed E-state index contributed by atoms with van der Waals surface area (Å²) in [7, 11) is -1.78. The topological polar surface area (TPSA) is 99.2 Å². The van der Waals surface area contributed by atoms with Gasteiger partial charge in [-0.3, -0.25) is 0 Å². The average Bonchev–Trinajstić information content (AvgIpc) is 2.37. The molecule has 0 saturated heterocycles. The van der Waals surface area contributed by atoms with Crippen LogP contribution in [0, 0.1) is 11.3 Å². The highest BCUT2D eigenvalue weighted by Gasteiger charge is 2.18. The second kappa shape index (κ2) is 6.70. The van der Waals surface area contributed by atoms with Gasteiger partial charge in [0.1, 0.15) is 6.07 Å². The summed E-state index contributed by atoms with van der Waals surface area (Å²) in [6.45, 7) is 4.94. The first-order valence-electron chi connectivity index (χ1n) is 6.27. The second-order valence-electron chi connectivity index (χ2n) is 4.84. The molecule has 0 atom stereocenters. The molecule has 0 saturated carbocycles. The summed E-state index contributed by atoms with van der Waals surface area (Å²) < 4.78 is 26.8. The van der Waals surface area contributed by atoms with Crippen LogP contribution < -0.4 is 10.5 Å². The number of nitrogen functional groups attached to an aromatic ring is 1. The first kappa shape index (κ1) is 16.4. The molecule has 0 amide bonds. The van der Waals surface area contributed by atoms with E-state index in [4.69, 9.17) is 11.0 Å². The Morgan fingerprint density at radius 2 is 2.10 bits per heavy atom. The number of nitrogens with zero attached hydrogens (tertiary/aromatic N) is 2. The zero-order valence-electron chi connectivity index (χ0n) is 11.9. The molecule has 0 radical (unpaired) electrons. The molecule has 0 spiro atoms. The third-order valence-electron chi connectivity index (χ3n) is 3.05. The van der Waals surface area contributed by atoms with Crippen molar-refractivity contribution in [2.24, 2.45) is 0 Å². The van der Waals surface area contributed by atoms with E-state index >= 15 is 0 Å². The molecule has 1 aromatic carbocycles. The first-order valence-corrected chi connectivity index (χ1v) is 7.75. The second-order valence-corrected chi connectivity index (χ2v) is 6.57. The van der Waals surface area contributed by atoms with Gasteiger partial charge in [0.2, 0.25) is 10.0 Å². The highest BCUT2D eigenvalue weighted by Crippen LogP contribution is 2.17. The molecule has 0 aliphatic rings. The Hall–Kier alpha value is -1.62. The van der Waals surface area contributed by atoms with Gasteiger partial charge in [0.15, 0.2) is 0 Å². The van der Waals surface area contributed by atoms with Gasteiger partial charge < -0.3 is 10.6 Å². The minimum Gasteiger partial charge on any atom is -0.399 e. The summed E-state index contributed by atoms with van der Waals surface area (Å²) in [4.78, 5) is 1.98. The summed E-state index contributed by atoms with van der Waals surface area (Å²) >= 11 is 0. The molecule has 20 heavy (non-hydrogen) atoms. The fraction of sp³-hybridized carbons (Fsp3) is 0.462. The van der Waals surface area contributed by atoms with Crippen molar-refractivity contribution in [1.82, 2.24) is 9.62 Å². The van der Waals surface area contributed by atoms with Crippen molar-refractivity contribution in [2.75, 3.05) is 25.9 Å². The molecule has 0 bridgehead atoms. The molecule has 0 aliphatic carbocycles. The van der Waals surface area contributed by atoms with Crippen LogP contribution in [0.4, 0.5) is 5.69 Å². The Bertz CT molecular complexity index is 605. The van der Waals surface area contributed by atoms with E-state index < -0.39 is 10.0 Å². The number of nitriles is 1. The summed E-state index contributed by atoms with van der Waals surface area (Å²) in [5, 5.41) is 8.99. The highest BCUT2D eigenvalue weighted by molar-refractivity contribution is 7.89. The predicted octanol–water partition coefficient (Wildman–Crippen LogP) is 0.759. The number of nitrogens with one attached hydrogen (secondary N) is 1. The lowest BCUT2D eigenvalue weighted by Gasteiger charge is -2.21. The maximum absolute atomic E-state index is 12.2. The number of anilines is 1. The van der Waals surface area contributed by atoms with Crippen molar-refractivity contribution in [3.8, 4) is 6.07 Å². The van der Waals surface area contributed by atoms with E-state index in [2.05, 4.69) is 4.72 Å². The minimum atomic E-state index is -3.70. The molecule has 0 aromatic heterocycles. The molecule has 0 aliphatic heterocycles. The molecular formula is C13H20N4O2S. The molecule has 7 heteroatoms. The van der Waals surface area contributed by atoms with Crippen molar-refractivity contribution in [3.63, 3.8) is 0 Å². The summed E-state index contributed by atoms with van der Waals surface area (Å²) in [5.41, 5.74) is 5.96. The van der Waals surface area contributed by atoms with E-state index in [1.807, 2.05) is 31.9 Å². The van der Waals surface area contributed by atoms with Gasteiger partial charge in [-0.2, -0.15) is 5.26 Å². The Morgan fingerprint density at radius 1 is 1.45 bits per heavy atom. The van der Waals surface area contributed by atoms with Crippen molar-refractivity contribution < 1.29 is 8.42 Å². The number of likely N-dealkylation sites (N-methyl/N-ethyl adjacent to an activating group) is 1. The number of hydrogen-bond acceptors (Lipinski definition) is 5. The number of benzene rings is 1. The van der Waals surface area contributed by atoms with E-state index in [-0.39, 0.29) is 17.0 Å². The van der Waals surface area contributed by atoms with Crippen molar-refractivity contribution >= 4 is 15.7 Å². The molecule has 110 valence electrons. The van der Waals surface area contributed by atoms with E-state index in [1.165, 1.54) is 18.2 Å². The van der Waals surface area contributed by atoms with Crippen LogP contribution in [0.2, 0.25) is 0 Å². The van der Waals surface area contributed by atoms with Crippen LogP contribution in [0.25, 0.3) is 0 Å². The Kier molecular flexibility index (Phi) is 5.51. The molecule has 3 N–H and O–H groups in total. The zero-order chi connectivity index (χ0) is 15.3. The Labute approximate surface area is 120 Å². The maximum Gasteiger partial charge on any atom is 0.241 e. The van der Waals surface area contributed by atoms with Gasteiger partial charge in [0.25, 0.3) is 0 Å². The quantitative estimate of drug-likeness (QED) is 0.755. The average molecular weight is 296 g/mol. The third kappa shape index (κ3) is 4.20. The lowest BCUT2D eigenvalue weighted by atomic mass is 10.2. The van der Waals surface area contributed by atoms with Crippen molar-refractivity contribution in [3.05, 3.63) is 23.8 Å². The number of nitrogens with two attached hydrogens (primary N) is 1. The molecular weight excluding hydrogens is 276 g/mol. The smallest absolute Gasteiger partial charge is 0.241 e. The third-order valence-corrected chi connectivity index (χ3v) is 4.57. The van der Waals surface area contributed by atoms with Crippen LogP contribution in [0.3, 0.4) is 0 Å². The molecule has 0 unspecified atom stereocenters. The molecule has 0 fully saturated rings. The predicted molar refractivity (Wildman–Crippen MR) is 78.5 cm³/mol. The standard InChI is InChI=1S/C13H20N4O2S/c1-10(2)17(3)7-6-16-20(18,19)13-5-4-12(15)8-11(13)9-14/h4-5,8,10,16H,6-7,15H2,1-3H3. The zero-order valence-corrected chi connectivity index (χ0v) is 12.7. The van der Waals surface area contributed by atoms with Crippen LogP contribution in [-0.2, 0) is 10.0 Å². The fourth-order valence-electron chi connectivity index (χ4n) is 1.56. The fourth-order valence-corrected chi connectivity index (χ4v) is 2.72. The van der Waals surface area contributed by atoms with Crippen molar-refractivity contribution in [1.29, 1.82) is 5.26 Å². The molecule has 1 rings (SSSR count). The number of hydrogen-bond donors (Lipinski definition) is 2. The van der Waals surface area contributed by atoms with Crippen LogP contribution in [0.5, 0.6) is 0 Å². The largest absolute Gasteiger partial charge is 0.399 e. The lowest BCUT2D eigenvalue weighted by Crippen LogP contribution is -2.36. The molecule has 6 nitrogen and oxygen atoms in total. The minimum absolute atomic E-state index is 0.0404. The van der Waals surface area contributed by atoms with Gasteiger partial charge in [-0.15, -0.1) is 0 Å². The summed E-state index contributed by atoms with van der Waals surface area (Å²) in [5.74, 6) is 0. The lowest BCUT2D eigenvalue weighted by molar-refractivity contribution is 0.278. The summed E-state index contributed by atoms with van der Waals surface area (Å²) in [6.07, 6.45) is 0. The number of rotatable bonds is 6. The Balaban J connectivity index is 2.83. The van der Waals surface area contributed by atoms with Gasteiger partial charge in [-0.25, -0.2) is 13.1 Å². The van der Waals surface area contributed by atoms with Gasteiger partial charge in [-0.1, -0.05) is 0 Å². The van der Waals surface area contributed by atoms with Crippen LogP contribution in [0.1, 0.15) is 19.4 Å². The van der Waals surface area contributed by atoms with Gasteiger partial charge in [0.05, 0.1) is 10.5 Å². The van der Waals surface area contributed by atoms with Gasteiger partial charge in [-0.05, 0) is 39.1 Å². The molecule has 1 aromatic rings. The van der Waals surface area contributed by atoms with Crippen molar-refractivity contribution in [2.45, 2.75) is 24.8 Å². The van der Waals surface area contributed by atoms with Gasteiger partial charge >= 0.3 is 0 Å². The first-order chi connectivity index (χ1) is 9.27. The number of sulfonamides is 1. The van der Waals surface area contributed by atoms with Gasteiger partial charge in [0, 0.05) is 24.8 Å². The van der Waals surface area contributed by atoms with E-state index in [1.54, 1.807) is 0 Å². The van der Waals surface area contributed by atoms with Crippen LogP contribution in [-0.4, -0.2) is 39.5 Å². The van der Waals surface area contributed by atoms with Crippen LogP contribution >= 0.6 is 0 Å². The van der Waals surface area contributed by atoms with E-state index in [9.17, 15) is 8.42 Å². The maximum atomic E-state index is 12.2. The highest BCUT2D eigenvalue weighted by atomic mass is 32.2. The van der Waals surface area contributed by atoms with Crippen LogP contribution in [0.15, 0.2) is 23.1 Å². The Morgan fingerprint density at radius 3 is 2.65 bits per heavy atom. The molecule has 0 heterocycles. The normalized spacial score (nSPS) is 11.8. The monoisotopic (exact) mass is 296 g/mol. The van der Waals surface area contributed by atoms with E-state index in [0.717, 1.165) is 0 Å². The summed E-state index contributed by atoms with van der Waals surface area (Å²) in [6, 6.07) is 6.36.